The van der Waals surface area contributed by atoms with Crippen LogP contribution in [0.15, 0.2) is 51.7 Å². The van der Waals surface area contributed by atoms with Gasteiger partial charge in [-0.2, -0.15) is 0 Å². The monoisotopic (exact) mass is 326 g/mol. The molecule has 0 saturated heterocycles. The molecule has 124 valence electrons. The van der Waals surface area contributed by atoms with Crippen molar-refractivity contribution in [3.05, 3.63) is 64.1 Å². The molecule has 0 unspecified atom stereocenters. The first-order valence-corrected chi connectivity index (χ1v) is 7.55. The number of fused-ring (bicyclic) bond motifs is 1. The normalized spacial score (nSPS) is 10.8. The zero-order valence-corrected chi connectivity index (χ0v) is 13.5. The van der Waals surface area contributed by atoms with E-state index in [0.29, 0.717) is 12.1 Å². The van der Waals surface area contributed by atoms with Crippen molar-refractivity contribution in [3.8, 4) is 5.75 Å². The van der Waals surface area contributed by atoms with Gasteiger partial charge in [0.05, 0.1) is 19.0 Å². The average Bonchev–Trinajstić information content (AvgIpc) is 2.87. The van der Waals surface area contributed by atoms with Gasteiger partial charge in [0.1, 0.15) is 5.75 Å². The summed E-state index contributed by atoms with van der Waals surface area (Å²) >= 11 is 0. The molecule has 6 heteroatoms. The van der Waals surface area contributed by atoms with Crippen LogP contribution in [0.1, 0.15) is 11.1 Å². The maximum Gasteiger partial charge on any atom is 0.419 e. The summed E-state index contributed by atoms with van der Waals surface area (Å²) in [6.07, 6.45) is 0.278. The number of oxazole rings is 1. The molecule has 3 rings (SSSR count). The molecule has 6 nitrogen and oxygen atoms in total. The van der Waals surface area contributed by atoms with Gasteiger partial charge in [-0.15, -0.1) is 0 Å². The van der Waals surface area contributed by atoms with Crippen LogP contribution >= 0.6 is 0 Å². The van der Waals surface area contributed by atoms with Crippen molar-refractivity contribution in [3.63, 3.8) is 0 Å². The molecule has 0 atom stereocenters. The van der Waals surface area contributed by atoms with Crippen molar-refractivity contribution < 1.29 is 13.9 Å². The minimum Gasteiger partial charge on any atom is -0.497 e. The van der Waals surface area contributed by atoms with Gasteiger partial charge in [0.15, 0.2) is 5.58 Å². The molecule has 0 bridgehead atoms. The molecule has 1 aromatic heterocycles. The Balaban J connectivity index is 1.64. The maximum absolute atomic E-state index is 12.1. The summed E-state index contributed by atoms with van der Waals surface area (Å²) in [6, 6.07) is 12.9. The minimum absolute atomic E-state index is 0.0853. The van der Waals surface area contributed by atoms with E-state index in [-0.39, 0.29) is 12.3 Å². The van der Waals surface area contributed by atoms with Crippen LogP contribution < -0.4 is 15.8 Å². The highest BCUT2D eigenvalue weighted by molar-refractivity contribution is 5.79. The molecule has 0 aliphatic heterocycles. The number of benzene rings is 2. The number of aromatic nitrogens is 1. The van der Waals surface area contributed by atoms with E-state index in [2.05, 4.69) is 5.32 Å². The van der Waals surface area contributed by atoms with Gasteiger partial charge < -0.3 is 14.5 Å². The summed E-state index contributed by atoms with van der Waals surface area (Å²) in [5.41, 5.74) is 3.00. The summed E-state index contributed by atoms with van der Waals surface area (Å²) in [5.74, 6) is 0.243. The van der Waals surface area contributed by atoms with Gasteiger partial charge in [0.2, 0.25) is 5.91 Å². The number of hydrogen-bond acceptors (Lipinski definition) is 4. The molecular weight excluding hydrogens is 308 g/mol. The zero-order chi connectivity index (χ0) is 17.1. The van der Waals surface area contributed by atoms with Gasteiger partial charge in [-0.05, 0) is 35.4 Å². The molecule has 2 aromatic carbocycles. The highest BCUT2D eigenvalue weighted by Gasteiger charge is 2.08. The molecule has 0 aliphatic carbocycles. The van der Waals surface area contributed by atoms with Crippen molar-refractivity contribution in [2.75, 3.05) is 7.11 Å². The summed E-state index contributed by atoms with van der Waals surface area (Å²) in [5, 5.41) is 2.86. The second kappa shape index (κ2) is 6.62. The number of nitrogens with one attached hydrogen (secondary N) is 1. The van der Waals surface area contributed by atoms with Crippen LogP contribution in [-0.4, -0.2) is 17.6 Å². The van der Waals surface area contributed by atoms with Crippen molar-refractivity contribution in [2.24, 2.45) is 7.05 Å². The lowest BCUT2D eigenvalue weighted by Crippen LogP contribution is -2.24. The average molecular weight is 326 g/mol. The lowest BCUT2D eigenvalue weighted by molar-refractivity contribution is -0.120. The third kappa shape index (κ3) is 3.32. The third-order valence-corrected chi connectivity index (χ3v) is 3.85. The fourth-order valence-corrected chi connectivity index (χ4v) is 2.52. The Morgan fingerprint density at radius 3 is 2.83 bits per heavy atom. The number of methoxy groups -OCH3 is 1. The van der Waals surface area contributed by atoms with Crippen molar-refractivity contribution in [2.45, 2.75) is 13.0 Å². The Hall–Kier alpha value is -3.02. The number of nitrogens with zero attached hydrogens (tertiary/aromatic N) is 1. The van der Waals surface area contributed by atoms with Gasteiger partial charge in [0.25, 0.3) is 0 Å². The van der Waals surface area contributed by atoms with Crippen LogP contribution in [0.2, 0.25) is 0 Å². The fourth-order valence-electron chi connectivity index (χ4n) is 2.52. The highest BCUT2D eigenvalue weighted by atomic mass is 16.5. The standard InChI is InChI=1S/C18H18N2O4/c1-20-15-7-6-13(9-16(15)24-18(20)22)11-19-17(21)10-12-4-3-5-14(8-12)23-2/h3-9H,10-11H2,1-2H3,(H,19,21). The fraction of sp³-hybridized carbons (Fsp3) is 0.222. The summed E-state index contributed by atoms with van der Waals surface area (Å²) < 4.78 is 11.7. The number of aryl methyl sites for hydroxylation is 1. The van der Waals surface area contributed by atoms with Crippen LogP contribution in [-0.2, 0) is 24.8 Å². The van der Waals surface area contributed by atoms with Crippen LogP contribution in [0.25, 0.3) is 11.1 Å². The summed E-state index contributed by atoms with van der Waals surface area (Å²) in [7, 11) is 3.25. The number of ether oxygens (including phenoxy) is 1. The number of amides is 1. The van der Waals surface area contributed by atoms with Gasteiger partial charge in [0, 0.05) is 13.6 Å². The van der Waals surface area contributed by atoms with Crippen molar-refractivity contribution in [1.29, 1.82) is 0 Å². The quantitative estimate of drug-likeness (QED) is 0.778. The Labute approximate surface area is 138 Å². The Morgan fingerprint density at radius 1 is 1.21 bits per heavy atom. The SMILES string of the molecule is COc1cccc(CC(=O)NCc2ccc3c(c2)oc(=O)n3C)c1. The lowest BCUT2D eigenvalue weighted by Gasteiger charge is -2.07. The topological polar surface area (TPSA) is 73.5 Å². The van der Waals surface area contributed by atoms with Gasteiger partial charge in [-0.3, -0.25) is 9.36 Å². The van der Waals surface area contributed by atoms with E-state index < -0.39 is 5.76 Å². The molecule has 0 aliphatic rings. The number of carbonyl (C=O) groups excluding carboxylic acids is 1. The molecule has 1 heterocycles. The smallest absolute Gasteiger partial charge is 0.419 e. The lowest BCUT2D eigenvalue weighted by atomic mass is 10.1. The van der Waals surface area contributed by atoms with E-state index in [1.54, 1.807) is 20.2 Å². The van der Waals surface area contributed by atoms with E-state index in [1.807, 2.05) is 36.4 Å². The van der Waals surface area contributed by atoms with E-state index in [9.17, 15) is 9.59 Å². The first kappa shape index (κ1) is 15.9. The molecule has 1 N–H and O–H groups in total. The van der Waals surface area contributed by atoms with Crippen molar-refractivity contribution in [1.82, 2.24) is 9.88 Å². The molecule has 1 amide bonds. The predicted octanol–water partition coefficient (Wildman–Crippen LogP) is 2.00. The van der Waals surface area contributed by atoms with Crippen molar-refractivity contribution >= 4 is 17.0 Å². The molecule has 0 fully saturated rings. The van der Waals surface area contributed by atoms with Crippen LogP contribution in [0, 0.1) is 0 Å². The van der Waals surface area contributed by atoms with Crippen LogP contribution in [0.4, 0.5) is 0 Å². The zero-order valence-electron chi connectivity index (χ0n) is 13.5. The number of rotatable bonds is 5. The molecule has 0 radical (unpaired) electrons. The molecule has 0 spiro atoms. The van der Waals surface area contributed by atoms with Gasteiger partial charge in [-0.25, -0.2) is 4.79 Å². The Morgan fingerprint density at radius 2 is 2.04 bits per heavy atom. The van der Waals surface area contributed by atoms with E-state index in [0.717, 1.165) is 22.4 Å². The predicted molar refractivity (Wildman–Crippen MR) is 90.0 cm³/mol. The van der Waals surface area contributed by atoms with E-state index >= 15 is 0 Å². The first-order chi connectivity index (χ1) is 11.6. The second-order valence-electron chi connectivity index (χ2n) is 5.53. The highest BCUT2D eigenvalue weighted by Crippen LogP contribution is 2.15. The number of carbonyl (C=O) groups is 1. The molecule has 0 saturated carbocycles. The summed E-state index contributed by atoms with van der Waals surface area (Å²) in [6.45, 7) is 0.372. The van der Waals surface area contributed by atoms with E-state index in [1.165, 1.54) is 4.57 Å². The van der Waals surface area contributed by atoms with Crippen LogP contribution in [0.5, 0.6) is 5.75 Å². The second-order valence-corrected chi connectivity index (χ2v) is 5.53. The Bertz CT molecular complexity index is 940. The third-order valence-electron chi connectivity index (χ3n) is 3.85. The molecule has 24 heavy (non-hydrogen) atoms. The minimum atomic E-state index is -0.399. The number of hydrogen-bond donors (Lipinski definition) is 1. The Kier molecular flexibility index (Phi) is 4.37. The van der Waals surface area contributed by atoms with Gasteiger partial charge in [-0.1, -0.05) is 18.2 Å². The van der Waals surface area contributed by atoms with E-state index in [4.69, 9.17) is 9.15 Å². The molecule has 3 aromatic rings. The van der Waals surface area contributed by atoms with Crippen LogP contribution in [0.3, 0.4) is 0 Å². The van der Waals surface area contributed by atoms with Gasteiger partial charge >= 0.3 is 5.76 Å². The molecular formula is C18H18N2O4. The maximum atomic E-state index is 12.1. The summed E-state index contributed by atoms with van der Waals surface area (Å²) in [4.78, 5) is 23.6. The first-order valence-electron chi connectivity index (χ1n) is 7.55. The largest absolute Gasteiger partial charge is 0.497 e.